The summed E-state index contributed by atoms with van der Waals surface area (Å²) in [5.41, 5.74) is 0.777. The minimum atomic E-state index is -1.14. The largest absolute Gasteiger partial charge is 0.480 e. The predicted molar refractivity (Wildman–Crippen MR) is 94.9 cm³/mol. The molecule has 0 radical (unpaired) electrons. The van der Waals surface area contributed by atoms with Crippen molar-refractivity contribution in [2.24, 2.45) is 0 Å². The summed E-state index contributed by atoms with van der Waals surface area (Å²) in [4.78, 5) is 30.5. The van der Waals surface area contributed by atoms with E-state index in [-0.39, 0.29) is 12.2 Å². The van der Waals surface area contributed by atoms with Crippen LogP contribution in [0.1, 0.15) is 34.8 Å². The SMILES string of the molecule is Cc1sc2nc(Cc3ccccc3F)n(C(C)C(=O)O)c(=O)c2c1C. The van der Waals surface area contributed by atoms with Crippen LogP contribution in [0.4, 0.5) is 4.39 Å². The summed E-state index contributed by atoms with van der Waals surface area (Å²) in [6, 6.07) is 5.11. The van der Waals surface area contributed by atoms with Crippen molar-refractivity contribution in [3.05, 3.63) is 62.3 Å². The number of thiophene rings is 1. The van der Waals surface area contributed by atoms with Crippen molar-refractivity contribution in [1.82, 2.24) is 9.55 Å². The van der Waals surface area contributed by atoms with Crippen LogP contribution in [0.25, 0.3) is 10.2 Å². The fourth-order valence-corrected chi connectivity index (χ4v) is 3.83. The fraction of sp³-hybridized carbons (Fsp3) is 0.278. The Balaban J connectivity index is 2.29. The average molecular weight is 360 g/mol. The van der Waals surface area contributed by atoms with Crippen molar-refractivity contribution in [2.75, 3.05) is 0 Å². The molecule has 0 saturated heterocycles. The number of carbonyl (C=O) groups is 1. The second kappa shape index (κ2) is 6.40. The summed E-state index contributed by atoms with van der Waals surface area (Å²) in [5.74, 6) is -1.30. The first-order chi connectivity index (χ1) is 11.8. The van der Waals surface area contributed by atoms with Gasteiger partial charge in [0, 0.05) is 11.3 Å². The maximum absolute atomic E-state index is 14.0. The summed E-state index contributed by atoms with van der Waals surface area (Å²) in [5, 5.41) is 9.83. The summed E-state index contributed by atoms with van der Waals surface area (Å²) in [6.45, 7) is 5.14. The third-order valence-electron chi connectivity index (χ3n) is 4.36. The fourth-order valence-electron chi connectivity index (χ4n) is 2.80. The van der Waals surface area contributed by atoms with Crippen LogP contribution in [-0.2, 0) is 11.2 Å². The molecule has 3 rings (SSSR count). The lowest BCUT2D eigenvalue weighted by atomic mass is 10.1. The minimum absolute atomic E-state index is 0.0471. The van der Waals surface area contributed by atoms with Crippen LogP contribution in [-0.4, -0.2) is 20.6 Å². The highest BCUT2D eigenvalue weighted by Gasteiger charge is 2.24. The first kappa shape index (κ1) is 17.3. The standard InChI is InChI=1S/C18H17FN2O3S/c1-9-11(3)25-16-15(9)17(22)21(10(2)18(23)24)14(20-16)8-12-6-4-5-7-13(12)19/h4-7,10H,8H2,1-3H3,(H,23,24). The highest BCUT2D eigenvalue weighted by atomic mass is 32.1. The number of nitrogens with zero attached hydrogens (tertiary/aromatic N) is 2. The van der Waals surface area contributed by atoms with Gasteiger partial charge in [-0.1, -0.05) is 18.2 Å². The zero-order chi connectivity index (χ0) is 18.3. The summed E-state index contributed by atoms with van der Waals surface area (Å²) in [6.07, 6.45) is 0.0471. The summed E-state index contributed by atoms with van der Waals surface area (Å²) < 4.78 is 15.2. The van der Waals surface area contributed by atoms with Gasteiger partial charge in [0.05, 0.1) is 5.39 Å². The van der Waals surface area contributed by atoms with Crippen molar-refractivity contribution in [3.8, 4) is 0 Å². The van der Waals surface area contributed by atoms with Crippen LogP contribution in [0, 0.1) is 19.7 Å². The number of fused-ring (bicyclic) bond motifs is 1. The zero-order valence-electron chi connectivity index (χ0n) is 14.0. The van der Waals surface area contributed by atoms with Gasteiger partial charge < -0.3 is 5.11 Å². The van der Waals surface area contributed by atoms with Crippen molar-refractivity contribution >= 4 is 27.5 Å². The van der Waals surface area contributed by atoms with Gasteiger partial charge in [0.15, 0.2) is 0 Å². The normalized spacial score (nSPS) is 12.5. The molecule has 1 unspecified atom stereocenters. The van der Waals surface area contributed by atoms with Gasteiger partial charge in [0.25, 0.3) is 5.56 Å². The van der Waals surface area contributed by atoms with Crippen LogP contribution in [0.2, 0.25) is 0 Å². The number of carboxylic acid groups (broad SMARTS) is 1. The van der Waals surface area contributed by atoms with E-state index in [1.54, 1.807) is 18.2 Å². The maximum Gasteiger partial charge on any atom is 0.326 e. The van der Waals surface area contributed by atoms with E-state index in [4.69, 9.17) is 0 Å². The molecule has 130 valence electrons. The zero-order valence-corrected chi connectivity index (χ0v) is 14.9. The Morgan fingerprint density at radius 3 is 2.68 bits per heavy atom. The average Bonchev–Trinajstić information content (AvgIpc) is 2.84. The molecule has 1 atom stereocenters. The Hall–Kier alpha value is -2.54. The summed E-state index contributed by atoms with van der Waals surface area (Å²) in [7, 11) is 0. The lowest BCUT2D eigenvalue weighted by Crippen LogP contribution is -2.32. The lowest BCUT2D eigenvalue weighted by Gasteiger charge is -2.16. The van der Waals surface area contributed by atoms with E-state index < -0.39 is 23.4 Å². The quantitative estimate of drug-likeness (QED) is 0.773. The molecule has 0 aliphatic carbocycles. The van der Waals surface area contributed by atoms with Crippen LogP contribution in [0.15, 0.2) is 29.1 Å². The monoisotopic (exact) mass is 360 g/mol. The maximum atomic E-state index is 14.0. The summed E-state index contributed by atoms with van der Waals surface area (Å²) >= 11 is 1.39. The van der Waals surface area contributed by atoms with Crippen LogP contribution < -0.4 is 5.56 Å². The van der Waals surface area contributed by atoms with Crippen LogP contribution in [0.3, 0.4) is 0 Å². The van der Waals surface area contributed by atoms with Gasteiger partial charge in [-0.05, 0) is 38.0 Å². The van der Waals surface area contributed by atoms with Crippen molar-refractivity contribution in [1.29, 1.82) is 0 Å². The number of aryl methyl sites for hydroxylation is 2. The Kier molecular flexibility index (Phi) is 4.43. The number of aliphatic carboxylic acids is 1. The highest BCUT2D eigenvalue weighted by Crippen LogP contribution is 2.27. The second-order valence-electron chi connectivity index (χ2n) is 5.95. The van der Waals surface area contributed by atoms with E-state index in [1.165, 1.54) is 24.3 Å². The minimum Gasteiger partial charge on any atom is -0.480 e. The van der Waals surface area contributed by atoms with Gasteiger partial charge in [0.2, 0.25) is 0 Å². The van der Waals surface area contributed by atoms with E-state index in [2.05, 4.69) is 4.98 Å². The van der Waals surface area contributed by atoms with Gasteiger partial charge in [-0.3, -0.25) is 9.36 Å². The van der Waals surface area contributed by atoms with Gasteiger partial charge in [-0.15, -0.1) is 11.3 Å². The Morgan fingerprint density at radius 1 is 1.36 bits per heavy atom. The van der Waals surface area contributed by atoms with E-state index in [1.807, 2.05) is 13.8 Å². The number of hydrogen-bond donors (Lipinski definition) is 1. The third-order valence-corrected chi connectivity index (χ3v) is 5.46. The molecule has 2 heterocycles. The van der Waals surface area contributed by atoms with E-state index in [9.17, 15) is 19.1 Å². The number of hydrogen-bond acceptors (Lipinski definition) is 4. The van der Waals surface area contributed by atoms with Gasteiger partial charge in [0.1, 0.15) is 22.5 Å². The van der Waals surface area contributed by atoms with E-state index in [0.29, 0.717) is 15.8 Å². The molecule has 3 aromatic rings. The molecule has 0 saturated carbocycles. The molecule has 0 aliphatic heterocycles. The number of halogens is 1. The Labute approximate surface area is 147 Å². The predicted octanol–water partition coefficient (Wildman–Crippen LogP) is 3.45. The topological polar surface area (TPSA) is 72.2 Å². The number of aromatic nitrogens is 2. The van der Waals surface area contributed by atoms with Crippen LogP contribution in [0.5, 0.6) is 0 Å². The molecule has 7 heteroatoms. The van der Waals surface area contributed by atoms with Crippen molar-refractivity contribution in [3.63, 3.8) is 0 Å². The molecule has 0 aliphatic rings. The van der Waals surface area contributed by atoms with Crippen LogP contribution >= 0.6 is 11.3 Å². The molecule has 25 heavy (non-hydrogen) atoms. The molecule has 2 aromatic heterocycles. The molecular formula is C18H17FN2O3S. The molecule has 5 nitrogen and oxygen atoms in total. The molecule has 0 fully saturated rings. The van der Waals surface area contributed by atoms with Crippen molar-refractivity contribution < 1.29 is 14.3 Å². The van der Waals surface area contributed by atoms with Gasteiger partial charge in [-0.25, -0.2) is 14.2 Å². The second-order valence-corrected chi connectivity index (χ2v) is 7.15. The molecule has 0 amide bonds. The highest BCUT2D eigenvalue weighted by molar-refractivity contribution is 7.18. The first-order valence-corrected chi connectivity index (χ1v) is 8.60. The van der Waals surface area contributed by atoms with Crippen molar-refractivity contribution in [2.45, 2.75) is 33.2 Å². The first-order valence-electron chi connectivity index (χ1n) is 7.78. The third kappa shape index (κ3) is 2.95. The Bertz CT molecular complexity index is 1040. The smallest absolute Gasteiger partial charge is 0.326 e. The van der Waals surface area contributed by atoms with Gasteiger partial charge in [-0.2, -0.15) is 0 Å². The lowest BCUT2D eigenvalue weighted by molar-refractivity contribution is -0.140. The van der Waals surface area contributed by atoms with E-state index in [0.717, 1.165) is 15.0 Å². The van der Waals surface area contributed by atoms with Gasteiger partial charge >= 0.3 is 5.97 Å². The number of rotatable bonds is 4. The number of carboxylic acids is 1. The van der Waals surface area contributed by atoms with E-state index >= 15 is 0 Å². The molecule has 0 spiro atoms. The molecular weight excluding hydrogens is 343 g/mol. The number of benzene rings is 1. The molecule has 1 aromatic carbocycles. The molecule has 0 bridgehead atoms. The molecule has 1 N–H and O–H groups in total. The Morgan fingerprint density at radius 2 is 2.04 bits per heavy atom.